The summed E-state index contributed by atoms with van der Waals surface area (Å²) in [4.78, 5) is 0.0864. The lowest BCUT2D eigenvalue weighted by Crippen LogP contribution is -2.13. The van der Waals surface area contributed by atoms with Gasteiger partial charge < -0.3 is 5.73 Å². The highest BCUT2D eigenvalue weighted by atomic mass is 35.5. The molecule has 2 N–H and O–H groups in total. The minimum atomic E-state index is -3.68. The third-order valence-corrected chi connectivity index (χ3v) is 3.31. The Morgan fingerprint density at radius 3 is 2.40 bits per heavy atom. The van der Waals surface area contributed by atoms with E-state index in [1.807, 2.05) is 0 Å². The molecule has 0 saturated heterocycles. The number of hydrogen-bond donors (Lipinski definition) is 1. The summed E-state index contributed by atoms with van der Waals surface area (Å²) in [6, 6.07) is 5.77. The molecule has 1 aromatic carbocycles. The largest absolute Gasteiger partial charge is 0.386 e. The first-order chi connectivity index (χ1) is 6.95. The lowest BCUT2D eigenvalue weighted by atomic mass is 10.4. The van der Waals surface area contributed by atoms with E-state index in [0.29, 0.717) is 11.4 Å². The second-order valence-corrected chi connectivity index (χ2v) is 4.91. The van der Waals surface area contributed by atoms with Crippen LogP contribution in [-0.4, -0.2) is 14.3 Å². The number of rotatable bonds is 3. The Morgan fingerprint density at radius 2 is 1.93 bits per heavy atom. The lowest BCUT2D eigenvalue weighted by molar-refractivity contribution is 0.598. The molecule has 0 heterocycles. The van der Waals surface area contributed by atoms with Crippen molar-refractivity contribution in [2.75, 3.05) is 0 Å². The van der Waals surface area contributed by atoms with Crippen molar-refractivity contribution < 1.29 is 8.42 Å². The average molecular weight is 247 g/mol. The molecule has 15 heavy (non-hydrogen) atoms. The quantitative estimate of drug-likeness (QED) is 0.653. The fourth-order valence-electron chi connectivity index (χ4n) is 0.878. The van der Waals surface area contributed by atoms with E-state index in [1.54, 1.807) is 6.92 Å². The summed E-state index contributed by atoms with van der Waals surface area (Å²) in [5.74, 6) is 0.0879. The molecule has 82 valence electrons. The molecule has 0 atom stereocenters. The van der Waals surface area contributed by atoms with Gasteiger partial charge in [0.15, 0.2) is 0 Å². The van der Waals surface area contributed by atoms with E-state index >= 15 is 0 Å². The fraction of sp³-hybridized carbons (Fsp3) is 0.222. The second kappa shape index (κ2) is 4.63. The number of amidine groups is 1. The van der Waals surface area contributed by atoms with Gasteiger partial charge in [-0.2, -0.15) is 8.42 Å². The van der Waals surface area contributed by atoms with E-state index in [2.05, 4.69) is 4.40 Å². The summed E-state index contributed by atoms with van der Waals surface area (Å²) < 4.78 is 26.7. The molecule has 0 bridgehead atoms. The molecule has 0 aliphatic rings. The number of halogens is 1. The smallest absolute Gasteiger partial charge is 0.283 e. The lowest BCUT2D eigenvalue weighted by Gasteiger charge is -2.00. The van der Waals surface area contributed by atoms with E-state index in [4.69, 9.17) is 17.3 Å². The van der Waals surface area contributed by atoms with Gasteiger partial charge >= 0.3 is 0 Å². The maximum absolute atomic E-state index is 11.6. The van der Waals surface area contributed by atoms with Crippen molar-refractivity contribution in [2.24, 2.45) is 10.1 Å². The van der Waals surface area contributed by atoms with Gasteiger partial charge in [-0.1, -0.05) is 18.5 Å². The van der Waals surface area contributed by atoms with Gasteiger partial charge in [0, 0.05) is 11.4 Å². The predicted octanol–water partition coefficient (Wildman–Crippen LogP) is 1.80. The molecular formula is C9H11ClN2O2S. The summed E-state index contributed by atoms with van der Waals surface area (Å²) in [6.07, 6.45) is 0.396. The topological polar surface area (TPSA) is 72.5 Å². The Kier molecular flexibility index (Phi) is 3.71. The molecule has 0 radical (unpaired) electrons. The summed E-state index contributed by atoms with van der Waals surface area (Å²) in [5.41, 5.74) is 5.37. The Bertz CT molecular complexity index is 465. The molecular weight excluding hydrogens is 236 g/mol. The van der Waals surface area contributed by atoms with Gasteiger partial charge in [0.1, 0.15) is 5.84 Å². The van der Waals surface area contributed by atoms with Crippen LogP contribution in [0.4, 0.5) is 0 Å². The number of benzene rings is 1. The minimum Gasteiger partial charge on any atom is -0.386 e. The van der Waals surface area contributed by atoms with Gasteiger partial charge in [-0.15, -0.1) is 4.40 Å². The fourth-order valence-corrected chi connectivity index (χ4v) is 2.03. The molecule has 0 spiro atoms. The molecule has 0 amide bonds. The van der Waals surface area contributed by atoms with Crippen molar-refractivity contribution in [3.8, 4) is 0 Å². The van der Waals surface area contributed by atoms with Crippen LogP contribution in [0.3, 0.4) is 0 Å². The molecule has 0 fully saturated rings. The Labute approximate surface area is 93.8 Å². The van der Waals surface area contributed by atoms with Gasteiger partial charge in [-0.3, -0.25) is 0 Å². The van der Waals surface area contributed by atoms with Crippen LogP contribution in [0.5, 0.6) is 0 Å². The van der Waals surface area contributed by atoms with E-state index in [-0.39, 0.29) is 10.7 Å². The standard InChI is InChI=1S/C9H11ClN2O2S/c1-2-9(11)12-15(13,14)8-5-3-7(10)4-6-8/h3-6H,2H2,1H3,(H2,11,12). The van der Waals surface area contributed by atoms with E-state index in [9.17, 15) is 8.42 Å². The maximum atomic E-state index is 11.6. The van der Waals surface area contributed by atoms with Crippen LogP contribution in [0.1, 0.15) is 13.3 Å². The first-order valence-corrected chi connectivity index (χ1v) is 6.12. The first kappa shape index (κ1) is 12.0. The molecule has 0 saturated carbocycles. The zero-order chi connectivity index (χ0) is 11.5. The predicted molar refractivity (Wildman–Crippen MR) is 60.6 cm³/mol. The average Bonchev–Trinajstić information content (AvgIpc) is 2.17. The van der Waals surface area contributed by atoms with Crippen LogP contribution in [0, 0.1) is 0 Å². The highest BCUT2D eigenvalue weighted by Gasteiger charge is 2.12. The van der Waals surface area contributed by atoms with Crippen LogP contribution in [0.25, 0.3) is 0 Å². The highest BCUT2D eigenvalue weighted by Crippen LogP contribution is 2.16. The van der Waals surface area contributed by atoms with Crippen molar-refractivity contribution >= 4 is 27.5 Å². The Hall–Kier alpha value is -1.07. The van der Waals surface area contributed by atoms with Crippen LogP contribution < -0.4 is 5.73 Å². The van der Waals surface area contributed by atoms with Crippen molar-refractivity contribution in [1.82, 2.24) is 0 Å². The van der Waals surface area contributed by atoms with Gasteiger partial charge in [0.2, 0.25) is 0 Å². The number of sulfonamides is 1. The molecule has 4 nitrogen and oxygen atoms in total. The van der Waals surface area contributed by atoms with Crippen LogP contribution in [0.15, 0.2) is 33.6 Å². The van der Waals surface area contributed by atoms with Crippen molar-refractivity contribution in [1.29, 1.82) is 0 Å². The monoisotopic (exact) mass is 246 g/mol. The van der Waals surface area contributed by atoms with Gasteiger partial charge in [0.05, 0.1) is 4.90 Å². The molecule has 0 aromatic heterocycles. The molecule has 0 aliphatic heterocycles. The van der Waals surface area contributed by atoms with E-state index < -0.39 is 10.0 Å². The molecule has 1 aromatic rings. The van der Waals surface area contributed by atoms with E-state index in [0.717, 1.165) is 0 Å². The SMILES string of the molecule is CCC(N)=NS(=O)(=O)c1ccc(Cl)cc1. The number of hydrogen-bond acceptors (Lipinski definition) is 2. The zero-order valence-electron chi connectivity index (χ0n) is 8.14. The summed E-state index contributed by atoms with van der Waals surface area (Å²) in [5, 5.41) is 0.474. The third kappa shape index (κ3) is 3.21. The number of nitrogens with zero attached hydrogens (tertiary/aromatic N) is 1. The third-order valence-electron chi connectivity index (χ3n) is 1.71. The minimum absolute atomic E-state index is 0.0864. The van der Waals surface area contributed by atoms with Crippen LogP contribution in [0.2, 0.25) is 5.02 Å². The first-order valence-electron chi connectivity index (χ1n) is 4.30. The highest BCUT2D eigenvalue weighted by molar-refractivity contribution is 7.90. The van der Waals surface area contributed by atoms with Gasteiger partial charge in [-0.25, -0.2) is 0 Å². The van der Waals surface area contributed by atoms with Crippen molar-refractivity contribution in [3.63, 3.8) is 0 Å². The second-order valence-electron chi connectivity index (χ2n) is 2.87. The normalized spacial score (nSPS) is 12.8. The summed E-state index contributed by atoms with van der Waals surface area (Å²) in [6.45, 7) is 1.73. The van der Waals surface area contributed by atoms with Gasteiger partial charge in [-0.05, 0) is 24.3 Å². The van der Waals surface area contributed by atoms with E-state index in [1.165, 1.54) is 24.3 Å². The van der Waals surface area contributed by atoms with Crippen LogP contribution >= 0.6 is 11.6 Å². The number of nitrogens with two attached hydrogens (primary N) is 1. The molecule has 1 rings (SSSR count). The summed E-state index contributed by atoms with van der Waals surface area (Å²) in [7, 11) is -3.68. The Morgan fingerprint density at radius 1 is 1.40 bits per heavy atom. The van der Waals surface area contributed by atoms with Crippen LogP contribution in [-0.2, 0) is 10.0 Å². The van der Waals surface area contributed by atoms with Gasteiger partial charge in [0.25, 0.3) is 10.0 Å². The molecule has 0 unspecified atom stereocenters. The van der Waals surface area contributed by atoms with Crippen molar-refractivity contribution in [3.05, 3.63) is 29.3 Å². The van der Waals surface area contributed by atoms with Crippen molar-refractivity contribution in [2.45, 2.75) is 18.2 Å². The molecule has 0 aliphatic carbocycles. The summed E-state index contributed by atoms with van der Waals surface area (Å²) >= 11 is 5.64. The molecule has 6 heteroatoms. The maximum Gasteiger partial charge on any atom is 0.283 e. The Balaban J connectivity index is 3.13. The zero-order valence-corrected chi connectivity index (χ0v) is 9.72.